The van der Waals surface area contributed by atoms with Gasteiger partial charge in [-0.15, -0.1) is 0 Å². The van der Waals surface area contributed by atoms with Crippen LogP contribution in [0.15, 0.2) is 54.9 Å². The number of carbonyl (C=O) groups is 1. The maximum absolute atomic E-state index is 12.9. The first-order valence-electron chi connectivity index (χ1n) is 7.43. The number of amides is 2. The first-order chi connectivity index (χ1) is 10.8. The lowest BCUT2D eigenvalue weighted by molar-refractivity contribution is 0.0548. The highest BCUT2D eigenvalue weighted by molar-refractivity contribution is 5.92. The number of rotatable bonds is 3. The second-order valence-electron chi connectivity index (χ2n) is 5.16. The predicted molar refractivity (Wildman–Crippen MR) is 84.7 cm³/mol. The van der Waals surface area contributed by atoms with Gasteiger partial charge in [-0.2, -0.15) is 0 Å². The van der Waals surface area contributed by atoms with Gasteiger partial charge in [0, 0.05) is 31.2 Å². The van der Waals surface area contributed by atoms with E-state index in [0.29, 0.717) is 32.8 Å². The summed E-state index contributed by atoms with van der Waals surface area (Å²) in [5.41, 5.74) is 1.90. The molecule has 0 radical (unpaired) electrons. The minimum atomic E-state index is 0.0124. The molecule has 3 rings (SSSR count). The Morgan fingerprint density at radius 1 is 1.14 bits per heavy atom. The highest BCUT2D eigenvalue weighted by Crippen LogP contribution is 2.19. The fourth-order valence-electron chi connectivity index (χ4n) is 2.48. The fraction of sp³-hybridized carbons (Fsp3) is 0.294. The van der Waals surface area contributed by atoms with E-state index in [2.05, 4.69) is 4.98 Å². The summed E-state index contributed by atoms with van der Waals surface area (Å²) in [6.45, 7) is 2.97. The van der Waals surface area contributed by atoms with E-state index < -0.39 is 0 Å². The van der Waals surface area contributed by atoms with Crippen molar-refractivity contribution in [2.45, 2.75) is 6.54 Å². The average molecular weight is 297 g/mol. The average Bonchev–Trinajstić information content (AvgIpc) is 2.61. The molecule has 0 spiro atoms. The number of carbonyl (C=O) groups excluding carboxylic acids is 1. The number of urea groups is 1. The summed E-state index contributed by atoms with van der Waals surface area (Å²) in [4.78, 5) is 20.6. The highest BCUT2D eigenvalue weighted by Gasteiger charge is 2.24. The largest absolute Gasteiger partial charge is 0.378 e. The first kappa shape index (κ1) is 14.5. The van der Waals surface area contributed by atoms with Crippen molar-refractivity contribution in [2.75, 3.05) is 31.2 Å². The number of para-hydroxylation sites is 1. The molecule has 0 unspecified atom stereocenters. The summed E-state index contributed by atoms with van der Waals surface area (Å²) in [6.07, 6.45) is 3.53. The van der Waals surface area contributed by atoms with Gasteiger partial charge in [0.1, 0.15) is 0 Å². The summed E-state index contributed by atoms with van der Waals surface area (Å²) < 4.78 is 5.33. The van der Waals surface area contributed by atoms with E-state index in [9.17, 15) is 4.79 Å². The van der Waals surface area contributed by atoms with Gasteiger partial charge in [-0.3, -0.25) is 9.88 Å². The molecule has 1 fully saturated rings. The molecule has 1 aliphatic heterocycles. The van der Waals surface area contributed by atoms with E-state index in [-0.39, 0.29) is 6.03 Å². The van der Waals surface area contributed by atoms with Gasteiger partial charge in [-0.25, -0.2) is 4.79 Å². The minimum Gasteiger partial charge on any atom is -0.378 e. The van der Waals surface area contributed by atoms with E-state index in [1.807, 2.05) is 47.4 Å². The van der Waals surface area contributed by atoms with Gasteiger partial charge in [0.15, 0.2) is 0 Å². The molecule has 0 atom stereocenters. The third kappa shape index (κ3) is 3.43. The summed E-state index contributed by atoms with van der Waals surface area (Å²) >= 11 is 0. The number of ether oxygens (including phenoxy) is 1. The zero-order chi connectivity index (χ0) is 15.2. The molecule has 0 N–H and O–H groups in total. The SMILES string of the molecule is O=C(N1CCOCC1)N(Cc1cccnc1)c1ccccc1. The number of morpholine rings is 1. The van der Waals surface area contributed by atoms with Crippen molar-refractivity contribution in [1.29, 1.82) is 0 Å². The Labute approximate surface area is 130 Å². The van der Waals surface area contributed by atoms with E-state index in [1.165, 1.54) is 0 Å². The van der Waals surface area contributed by atoms with Crippen LogP contribution in [0, 0.1) is 0 Å². The van der Waals surface area contributed by atoms with Crippen molar-refractivity contribution in [3.05, 3.63) is 60.4 Å². The molecular weight excluding hydrogens is 278 g/mol. The Morgan fingerprint density at radius 3 is 2.59 bits per heavy atom. The van der Waals surface area contributed by atoms with Crippen LogP contribution in [0.4, 0.5) is 10.5 Å². The smallest absolute Gasteiger partial charge is 0.324 e. The van der Waals surface area contributed by atoms with Crippen molar-refractivity contribution >= 4 is 11.7 Å². The molecule has 0 bridgehead atoms. The van der Waals surface area contributed by atoms with Gasteiger partial charge >= 0.3 is 6.03 Å². The van der Waals surface area contributed by atoms with Crippen molar-refractivity contribution in [1.82, 2.24) is 9.88 Å². The normalized spacial score (nSPS) is 14.6. The second kappa shape index (κ2) is 7.04. The van der Waals surface area contributed by atoms with Gasteiger partial charge in [-0.05, 0) is 23.8 Å². The topological polar surface area (TPSA) is 45.7 Å². The summed E-state index contributed by atoms with van der Waals surface area (Å²) in [5, 5.41) is 0. The molecule has 22 heavy (non-hydrogen) atoms. The van der Waals surface area contributed by atoms with Crippen LogP contribution < -0.4 is 4.90 Å². The Morgan fingerprint density at radius 2 is 1.91 bits per heavy atom. The molecule has 2 amide bonds. The quantitative estimate of drug-likeness (QED) is 0.874. The molecule has 2 aromatic rings. The predicted octanol–water partition coefficient (Wildman–Crippen LogP) is 2.54. The van der Waals surface area contributed by atoms with Crippen molar-refractivity contribution in [2.24, 2.45) is 0 Å². The van der Waals surface area contributed by atoms with Crippen LogP contribution in [-0.2, 0) is 11.3 Å². The molecular formula is C17H19N3O2. The summed E-state index contributed by atoms with van der Waals surface area (Å²) in [6, 6.07) is 13.6. The lowest BCUT2D eigenvalue weighted by Crippen LogP contribution is -2.48. The number of aromatic nitrogens is 1. The van der Waals surface area contributed by atoms with Crippen LogP contribution in [0.25, 0.3) is 0 Å². The summed E-state index contributed by atoms with van der Waals surface area (Å²) in [5.74, 6) is 0. The number of hydrogen-bond acceptors (Lipinski definition) is 3. The van der Waals surface area contributed by atoms with Crippen molar-refractivity contribution < 1.29 is 9.53 Å². The molecule has 1 saturated heterocycles. The van der Waals surface area contributed by atoms with Gasteiger partial charge in [0.2, 0.25) is 0 Å². The van der Waals surface area contributed by atoms with Crippen LogP contribution in [0.2, 0.25) is 0 Å². The Bertz CT molecular complexity index is 598. The number of hydrogen-bond donors (Lipinski definition) is 0. The van der Waals surface area contributed by atoms with Gasteiger partial charge in [0.05, 0.1) is 19.8 Å². The highest BCUT2D eigenvalue weighted by atomic mass is 16.5. The zero-order valence-corrected chi connectivity index (χ0v) is 12.4. The molecule has 1 aliphatic rings. The molecule has 2 heterocycles. The van der Waals surface area contributed by atoms with Crippen LogP contribution in [0.3, 0.4) is 0 Å². The lowest BCUT2D eigenvalue weighted by atomic mass is 10.2. The number of benzene rings is 1. The maximum atomic E-state index is 12.9. The van der Waals surface area contributed by atoms with Crippen LogP contribution in [0.1, 0.15) is 5.56 Å². The van der Waals surface area contributed by atoms with Crippen LogP contribution in [-0.4, -0.2) is 42.2 Å². The maximum Gasteiger partial charge on any atom is 0.324 e. The van der Waals surface area contributed by atoms with E-state index in [1.54, 1.807) is 17.3 Å². The number of anilines is 1. The van der Waals surface area contributed by atoms with E-state index in [0.717, 1.165) is 11.3 Å². The first-order valence-corrected chi connectivity index (χ1v) is 7.43. The molecule has 0 aliphatic carbocycles. The number of nitrogens with zero attached hydrogens (tertiary/aromatic N) is 3. The number of pyridine rings is 1. The van der Waals surface area contributed by atoms with Gasteiger partial charge in [0.25, 0.3) is 0 Å². The monoisotopic (exact) mass is 297 g/mol. The Balaban J connectivity index is 1.84. The van der Waals surface area contributed by atoms with E-state index >= 15 is 0 Å². The van der Waals surface area contributed by atoms with Gasteiger partial charge in [-0.1, -0.05) is 24.3 Å². The van der Waals surface area contributed by atoms with Crippen LogP contribution in [0.5, 0.6) is 0 Å². The van der Waals surface area contributed by atoms with E-state index in [4.69, 9.17) is 4.74 Å². The third-order valence-electron chi connectivity index (χ3n) is 3.64. The lowest BCUT2D eigenvalue weighted by Gasteiger charge is -2.33. The van der Waals surface area contributed by atoms with Crippen molar-refractivity contribution in [3.63, 3.8) is 0 Å². The van der Waals surface area contributed by atoms with Crippen LogP contribution >= 0.6 is 0 Å². The fourth-order valence-corrected chi connectivity index (χ4v) is 2.48. The molecule has 114 valence electrons. The zero-order valence-electron chi connectivity index (χ0n) is 12.4. The third-order valence-corrected chi connectivity index (χ3v) is 3.64. The standard InChI is InChI=1S/C17H19N3O2/c21-17(19-9-11-22-12-10-19)20(16-6-2-1-3-7-16)14-15-5-4-8-18-13-15/h1-8,13H,9-12,14H2. The summed E-state index contributed by atoms with van der Waals surface area (Å²) in [7, 11) is 0. The Hall–Kier alpha value is -2.40. The molecule has 5 nitrogen and oxygen atoms in total. The van der Waals surface area contributed by atoms with Gasteiger partial charge < -0.3 is 9.64 Å². The minimum absolute atomic E-state index is 0.0124. The molecule has 0 saturated carbocycles. The Kier molecular flexibility index (Phi) is 4.65. The second-order valence-corrected chi connectivity index (χ2v) is 5.16. The molecule has 1 aromatic heterocycles. The molecule has 1 aromatic carbocycles. The molecule has 5 heteroatoms. The van der Waals surface area contributed by atoms with Crippen molar-refractivity contribution in [3.8, 4) is 0 Å².